The number of amides is 1. The van der Waals surface area contributed by atoms with Gasteiger partial charge in [0.1, 0.15) is 0 Å². The molecule has 0 radical (unpaired) electrons. The lowest BCUT2D eigenvalue weighted by atomic mass is 10.1. The monoisotopic (exact) mass is 254 g/mol. The van der Waals surface area contributed by atoms with Crippen LogP contribution in [0.3, 0.4) is 0 Å². The van der Waals surface area contributed by atoms with Gasteiger partial charge < -0.3 is 16.2 Å². The molecule has 0 spiro atoms. The summed E-state index contributed by atoms with van der Waals surface area (Å²) in [5.41, 5.74) is 10.7. The molecule has 1 rings (SSSR count). The van der Waals surface area contributed by atoms with Gasteiger partial charge in [-0.2, -0.15) is 0 Å². The van der Waals surface area contributed by atoms with Crippen molar-refractivity contribution in [2.24, 2.45) is 5.73 Å². The van der Waals surface area contributed by atoms with Gasteiger partial charge in [0.2, 0.25) is 0 Å². The van der Waals surface area contributed by atoms with Gasteiger partial charge in [0.15, 0.2) is 11.6 Å². The van der Waals surface area contributed by atoms with Crippen LogP contribution < -0.4 is 16.2 Å². The van der Waals surface area contributed by atoms with Crippen molar-refractivity contribution in [1.82, 2.24) is 0 Å². The minimum Gasteiger partial charge on any atom is -0.490 e. The van der Waals surface area contributed by atoms with Gasteiger partial charge >= 0.3 is 0 Å². The zero-order valence-electron chi connectivity index (χ0n) is 10.5. The van der Waals surface area contributed by atoms with E-state index in [0.717, 1.165) is 31.7 Å². The van der Waals surface area contributed by atoms with Crippen molar-refractivity contribution >= 4 is 11.6 Å². The summed E-state index contributed by atoms with van der Waals surface area (Å²) in [5.74, 6) is -1.24. The highest BCUT2D eigenvalue weighted by Crippen LogP contribution is 2.24. The van der Waals surface area contributed by atoms with Crippen LogP contribution in [0.4, 0.5) is 10.1 Å². The predicted octanol–water partition coefficient (Wildman–Crippen LogP) is 2.47. The number of benzene rings is 1. The topological polar surface area (TPSA) is 78.3 Å². The van der Waals surface area contributed by atoms with E-state index in [1.807, 2.05) is 0 Å². The Hall–Kier alpha value is -1.78. The number of nitrogens with two attached hydrogens (primary N) is 2. The Morgan fingerprint density at radius 1 is 1.33 bits per heavy atom. The molecule has 0 heterocycles. The molecule has 0 aromatic heterocycles. The number of unbranched alkanes of at least 4 members (excludes halogenated alkanes) is 3. The number of nitrogen functional groups attached to an aromatic ring is 1. The third kappa shape index (κ3) is 3.91. The minimum atomic E-state index is -0.691. The molecule has 0 unspecified atom stereocenters. The Kier molecular flexibility index (Phi) is 5.42. The van der Waals surface area contributed by atoms with E-state index in [2.05, 4.69) is 6.92 Å². The first-order valence-corrected chi connectivity index (χ1v) is 6.08. The van der Waals surface area contributed by atoms with Gasteiger partial charge in [-0.15, -0.1) is 0 Å². The molecule has 100 valence electrons. The molecule has 0 aliphatic heterocycles. The number of hydrogen-bond acceptors (Lipinski definition) is 3. The molecule has 0 saturated heterocycles. The Morgan fingerprint density at radius 2 is 2.06 bits per heavy atom. The quantitative estimate of drug-likeness (QED) is 0.579. The van der Waals surface area contributed by atoms with E-state index in [1.165, 1.54) is 6.07 Å². The molecule has 0 atom stereocenters. The molecular weight excluding hydrogens is 235 g/mol. The van der Waals surface area contributed by atoms with Crippen molar-refractivity contribution in [2.75, 3.05) is 12.3 Å². The smallest absolute Gasteiger partial charge is 0.250 e. The normalized spacial score (nSPS) is 10.3. The van der Waals surface area contributed by atoms with Gasteiger partial charge in [0.05, 0.1) is 12.2 Å². The van der Waals surface area contributed by atoms with Crippen LogP contribution in [0.25, 0.3) is 0 Å². The molecular formula is C13H19FN2O2. The highest BCUT2D eigenvalue weighted by Gasteiger charge is 2.12. The van der Waals surface area contributed by atoms with Crippen molar-refractivity contribution in [3.05, 3.63) is 23.5 Å². The van der Waals surface area contributed by atoms with Gasteiger partial charge in [-0.05, 0) is 12.5 Å². The van der Waals surface area contributed by atoms with Crippen molar-refractivity contribution in [1.29, 1.82) is 0 Å². The fourth-order valence-corrected chi connectivity index (χ4v) is 1.60. The number of hydrogen-bond donors (Lipinski definition) is 2. The molecule has 18 heavy (non-hydrogen) atoms. The summed E-state index contributed by atoms with van der Waals surface area (Å²) in [6.07, 6.45) is 4.14. The van der Waals surface area contributed by atoms with Crippen LogP contribution >= 0.6 is 0 Å². The Bertz CT molecular complexity index is 422. The van der Waals surface area contributed by atoms with E-state index in [1.54, 1.807) is 0 Å². The van der Waals surface area contributed by atoms with E-state index in [0.29, 0.717) is 6.61 Å². The van der Waals surface area contributed by atoms with E-state index in [-0.39, 0.29) is 17.0 Å². The zero-order chi connectivity index (χ0) is 13.5. The Morgan fingerprint density at radius 3 is 2.67 bits per heavy atom. The molecule has 5 heteroatoms. The molecule has 4 N–H and O–H groups in total. The lowest BCUT2D eigenvalue weighted by molar-refractivity contribution is 0.100. The molecule has 1 aromatic carbocycles. The molecule has 0 saturated carbocycles. The van der Waals surface area contributed by atoms with Crippen molar-refractivity contribution in [3.8, 4) is 5.75 Å². The second kappa shape index (κ2) is 6.83. The number of ether oxygens (including phenoxy) is 1. The molecule has 0 fully saturated rings. The van der Waals surface area contributed by atoms with Crippen LogP contribution in [0, 0.1) is 5.82 Å². The van der Waals surface area contributed by atoms with E-state index in [4.69, 9.17) is 16.2 Å². The molecule has 0 bridgehead atoms. The summed E-state index contributed by atoms with van der Waals surface area (Å²) < 4.78 is 18.8. The molecule has 1 amide bonds. The Balaban J connectivity index is 2.65. The maximum atomic E-state index is 13.5. The summed E-state index contributed by atoms with van der Waals surface area (Å²) in [6, 6.07) is 2.31. The lowest BCUT2D eigenvalue weighted by Crippen LogP contribution is -2.14. The van der Waals surface area contributed by atoms with Crippen molar-refractivity contribution < 1.29 is 13.9 Å². The third-order valence-electron chi connectivity index (χ3n) is 2.62. The van der Waals surface area contributed by atoms with Crippen LogP contribution in [0.15, 0.2) is 12.1 Å². The minimum absolute atomic E-state index is 0.0227. The first-order chi connectivity index (χ1) is 8.56. The third-order valence-corrected chi connectivity index (χ3v) is 2.62. The SMILES string of the molecule is CCCCCCOc1cc(C(N)=O)c(N)cc1F. The van der Waals surface area contributed by atoms with E-state index in [9.17, 15) is 9.18 Å². The molecule has 0 aliphatic rings. The number of rotatable bonds is 7. The van der Waals surface area contributed by atoms with Crippen molar-refractivity contribution in [2.45, 2.75) is 32.6 Å². The van der Waals surface area contributed by atoms with Crippen LogP contribution in [-0.4, -0.2) is 12.5 Å². The van der Waals surface area contributed by atoms with Gasteiger partial charge in [-0.25, -0.2) is 4.39 Å². The number of carbonyl (C=O) groups excluding carboxylic acids is 1. The van der Waals surface area contributed by atoms with Gasteiger partial charge in [0, 0.05) is 11.8 Å². The highest BCUT2D eigenvalue weighted by atomic mass is 19.1. The molecule has 0 aliphatic carbocycles. The highest BCUT2D eigenvalue weighted by molar-refractivity contribution is 5.98. The largest absolute Gasteiger partial charge is 0.490 e. The molecule has 1 aromatic rings. The number of halogens is 1. The number of anilines is 1. The first kappa shape index (κ1) is 14.3. The van der Waals surface area contributed by atoms with E-state index < -0.39 is 11.7 Å². The second-order valence-electron chi connectivity index (χ2n) is 4.14. The Labute approximate surface area is 106 Å². The van der Waals surface area contributed by atoms with Gasteiger partial charge in [-0.3, -0.25) is 4.79 Å². The summed E-state index contributed by atoms with van der Waals surface area (Å²) in [7, 11) is 0. The first-order valence-electron chi connectivity index (χ1n) is 6.08. The summed E-state index contributed by atoms with van der Waals surface area (Å²) in [5, 5.41) is 0. The van der Waals surface area contributed by atoms with Crippen molar-refractivity contribution in [3.63, 3.8) is 0 Å². The second-order valence-corrected chi connectivity index (χ2v) is 4.14. The van der Waals surface area contributed by atoms with Gasteiger partial charge in [-0.1, -0.05) is 26.2 Å². The summed E-state index contributed by atoms with van der Waals surface area (Å²) in [4.78, 5) is 11.1. The van der Waals surface area contributed by atoms with E-state index >= 15 is 0 Å². The van der Waals surface area contributed by atoms with Crippen LogP contribution in [-0.2, 0) is 0 Å². The maximum Gasteiger partial charge on any atom is 0.250 e. The standard InChI is InChI=1S/C13H19FN2O2/c1-2-3-4-5-6-18-12-7-9(13(16)17)11(15)8-10(12)14/h7-8H,2-6,15H2,1H3,(H2,16,17). The van der Waals surface area contributed by atoms with Crippen LogP contribution in [0.5, 0.6) is 5.75 Å². The number of carbonyl (C=O) groups is 1. The fraction of sp³-hybridized carbons (Fsp3) is 0.462. The lowest BCUT2D eigenvalue weighted by Gasteiger charge is -2.09. The summed E-state index contributed by atoms with van der Waals surface area (Å²) >= 11 is 0. The predicted molar refractivity (Wildman–Crippen MR) is 69.0 cm³/mol. The zero-order valence-corrected chi connectivity index (χ0v) is 10.5. The average Bonchev–Trinajstić information content (AvgIpc) is 2.30. The maximum absolute atomic E-state index is 13.5. The average molecular weight is 254 g/mol. The summed E-state index contributed by atoms with van der Waals surface area (Å²) in [6.45, 7) is 2.53. The number of primary amides is 1. The van der Waals surface area contributed by atoms with Crippen LogP contribution in [0.1, 0.15) is 43.0 Å². The van der Waals surface area contributed by atoms with Gasteiger partial charge in [0.25, 0.3) is 5.91 Å². The van der Waals surface area contributed by atoms with Crippen LogP contribution in [0.2, 0.25) is 0 Å². The fourth-order valence-electron chi connectivity index (χ4n) is 1.60. The molecule has 4 nitrogen and oxygen atoms in total.